The zero-order valence-electron chi connectivity index (χ0n) is 21.1. The second-order valence-electron chi connectivity index (χ2n) is 11.2. The molecule has 1 saturated carbocycles. The normalized spacial score (nSPS) is 29.3. The van der Waals surface area contributed by atoms with E-state index in [0.29, 0.717) is 12.1 Å². The molecule has 190 valence electrons. The zero-order valence-corrected chi connectivity index (χ0v) is 21.8. The SMILES string of the molecule is CCC1CCC(Oc2ccc3cc(CCCN4C5CCC[C@@H]4CC(C(=O)O)C5)ccc3c2Cl)CC1. The Morgan fingerprint density at radius 3 is 2.49 bits per heavy atom. The molecule has 2 aliphatic heterocycles. The van der Waals surface area contributed by atoms with E-state index >= 15 is 0 Å². The number of fused-ring (bicyclic) bond motifs is 3. The Balaban J connectivity index is 1.18. The Bertz CT molecular complexity index is 1020. The fourth-order valence-corrected chi connectivity index (χ4v) is 7.20. The number of carboxylic acid groups (broad SMARTS) is 1. The van der Waals surface area contributed by atoms with Crippen LogP contribution < -0.4 is 4.74 Å². The Morgan fingerprint density at radius 2 is 1.80 bits per heavy atom. The molecule has 2 heterocycles. The molecule has 1 aliphatic carbocycles. The van der Waals surface area contributed by atoms with Crippen LogP contribution in [0.25, 0.3) is 10.8 Å². The molecule has 0 amide bonds. The molecule has 2 saturated heterocycles. The third kappa shape index (κ3) is 5.64. The minimum Gasteiger partial charge on any atom is -0.489 e. The third-order valence-electron chi connectivity index (χ3n) is 9.00. The van der Waals surface area contributed by atoms with Gasteiger partial charge in [-0.05, 0) is 93.7 Å². The summed E-state index contributed by atoms with van der Waals surface area (Å²) in [5.74, 6) is 0.931. The molecule has 3 fully saturated rings. The van der Waals surface area contributed by atoms with Gasteiger partial charge in [0.15, 0.2) is 0 Å². The number of hydrogen-bond donors (Lipinski definition) is 1. The molecule has 2 unspecified atom stereocenters. The van der Waals surface area contributed by atoms with Crippen LogP contribution in [0.2, 0.25) is 5.02 Å². The first kappa shape index (κ1) is 24.9. The maximum Gasteiger partial charge on any atom is 0.306 e. The van der Waals surface area contributed by atoms with Crippen molar-refractivity contribution in [3.8, 4) is 5.75 Å². The van der Waals surface area contributed by atoms with E-state index in [2.05, 4.69) is 36.1 Å². The lowest BCUT2D eigenvalue weighted by Gasteiger charge is -2.48. The van der Waals surface area contributed by atoms with Crippen LogP contribution >= 0.6 is 11.6 Å². The number of aryl methyl sites for hydroxylation is 1. The van der Waals surface area contributed by atoms with Crippen LogP contribution in [0.15, 0.2) is 30.3 Å². The van der Waals surface area contributed by atoms with Gasteiger partial charge in [-0.15, -0.1) is 0 Å². The van der Waals surface area contributed by atoms with Gasteiger partial charge in [0.05, 0.1) is 17.0 Å². The first-order valence-corrected chi connectivity index (χ1v) is 14.3. The van der Waals surface area contributed by atoms with Gasteiger partial charge >= 0.3 is 5.97 Å². The number of carboxylic acids is 1. The molecule has 2 bridgehead atoms. The number of carbonyl (C=O) groups is 1. The Hall–Kier alpha value is -1.78. The number of hydrogen-bond acceptors (Lipinski definition) is 3. The molecular formula is C30H40ClNO3. The summed E-state index contributed by atoms with van der Waals surface area (Å²) in [6, 6.07) is 11.7. The number of ether oxygens (including phenoxy) is 1. The fraction of sp³-hybridized carbons (Fsp3) is 0.633. The van der Waals surface area contributed by atoms with Crippen molar-refractivity contribution in [1.29, 1.82) is 0 Å². The average molecular weight is 498 g/mol. The average Bonchev–Trinajstić information content (AvgIpc) is 2.86. The lowest BCUT2D eigenvalue weighted by molar-refractivity contribution is -0.146. The van der Waals surface area contributed by atoms with E-state index in [9.17, 15) is 9.90 Å². The smallest absolute Gasteiger partial charge is 0.306 e. The summed E-state index contributed by atoms with van der Waals surface area (Å²) in [6.45, 7) is 3.35. The minimum atomic E-state index is -0.603. The Kier molecular flexibility index (Phi) is 7.89. The quantitative estimate of drug-likeness (QED) is 0.410. The first-order chi connectivity index (χ1) is 17.0. The van der Waals surface area contributed by atoms with E-state index in [-0.39, 0.29) is 12.0 Å². The molecule has 2 aromatic rings. The summed E-state index contributed by atoms with van der Waals surface area (Å²) >= 11 is 6.79. The van der Waals surface area contributed by atoms with Crippen LogP contribution in [0.4, 0.5) is 0 Å². The zero-order chi connectivity index (χ0) is 24.4. The molecule has 3 atom stereocenters. The molecule has 5 heteroatoms. The molecular weight excluding hydrogens is 458 g/mol. The highest BCUT2D eigenvalue weighted by atomic mass is 35.5. The number of benzene rings is 2. The number of piperidine rings is 2. The van der Waals surface area contributed by atoms with Crippen molar-refractivity contribution >= 4 is 28.3 Å². The van der Waals surface area contributed by atoms with Gasteiger partial charge in [0.1, 0.15) is 5.75 Å². The van der Waals surface area contributed by atoms with Crippen LogP contribution in [-0.4, -0.2) is 40.7 Å². The Morgan fingerprint density at radius 1 is 1.06 bits per heavy atom. The van der Waals surface area contributed by atoms with Gasteiger partial charge in [0, 0.05) is 17.5 Å². The first-order valence-electron chi connectivity index (χ1n) is 13.9. The minimum absolute atomic E-state index is 0.146. The van der Waals surface area contributed by atoms with E-state index in [1.165, 1.54) is 36.6 Å². The summed E-state index contributed by atoms with van der Waals surface area (Å²) in [7, 11) is 0. The van der Waals surface area contributed by atoms with Gasteiger partial charge < -0.3 is 9.84 Å². The largest absolute Gasteiger partial charge is 0.489 e. The fourth-order valence-electron chi connectivity index (χ4n) is 6.92. The molecule has 3 aliphatic rings. The topological polar surface area (TPSA) is 49.8 Å². The van der Waals surface area contributed by atoms with Crippen molar-refractivity contribution in [3.63, 3.8) is 0 Å². The van der Waals surface area contributed by atoms with Crippen LogP contribution in [0.5, 0.6) is 5.75 Å². The third-order valence-corrected chi connectivity index (χ3v) is 9.39. The lowest BCUT2D eigenvalue weighted by Crippen LogP contribution is -2.53. The molecule has 0 radical (unpaired) electrons. The number of halogens is 1. The van der Waals surface area contributed by atoms with Crippen LogP contribution in [0.3, 0.4) is 0 Å². The lowest BCUT2D eigenvalue weighted by atomic mass is 9.78. The summed E-state index contributed by atoms with van der Waals surface area (Å²) < 4.78 is 6.33. The highest BCUT2D eigenvalue weighted by Crippen LogP contribution is 2.38. The Labute approximate surface area is 215 Å². The molecule has 5 rings (SSSR count). The summed E-state index contributed by atoms with van der Waals surface area (Å²) in [5.41, 5.74) is 1.34. The van der Waals surface area contributed by atoms with E-state index in [4.69, 9.17) is 16.3 Å². The molecule has 1 N–H and O–H groups in total. The van der Waals surface area contributed by atoms with E-state index in [1.807, 2.05) is 6.07 Å². The van der Waals surface area contributed by atoms with Crippen LogP contribution in [0, 0.1) is 11.8 Å². The van der Waals surface area contributed by atoms with Crippen molar-refractivity contribution in [2.75, 3.05) is 6.54 Å². The van der Waals surface area contributed by atoms with Crippen molar-refractivity contribution in [2.45, 2.75) is 102 Å². The highest BCUT2D eigenvalue weighted by Gasteiger charge is 2.40. The standard InChI is InChI=1S/C30H40ClNO3/c1-2-20-8-12-26(13-9-20)35-28-15-11-22-17-21(10-14-27(22)29(28)31)5-4-16-32-24-6-3-7-25(32)19-23(18-24)30(33)34/h10-11,14-15,17,20,23-26H,2-9,12-13,16,18-19H2,1H3,(H,33,34)/t20?,23?,24-,25?,26?/m1/s1. The second kappa shape index (κ2) is 11.1. The van der Waals surface area contributed by atoms with Gasteiger partial charge in [-0.1, -0.05) is 55.6 Å². The van der Waals surface area contributed by atoms with E-state index in [1.54, 1.807) is 0 Å². The van der Waals surface area contributed by atoms with Gasteiger partial charge in [0.25, 0.3) is 0 Å². The molecule has 4 nitrogen and oxygen atoms in total. The monoisotopic (exact) mass is 497 g/mol. The van der Waals surface area contributed by atoms with Gasteiger partial charge in [-0.3, -0.25) is 9.69 Å². The summed E-state index contributed by atoms with van der Waals surface area (Å²) in [4.78, 5) is 14.2. The molecule has 35 heavy (non-hydrogen) atoms. The molecule has 0 spiro atoms. The van der Waals surface area contributed by atoms with Crippen LogP contribution in [0.1, 0.15) is 83.1 Å². The summed E-state index contributed by atoms with van der Waals surface area (Å²) in [6.07, 6.45) is 13.7. The maximum absolute atomic E-state index is 11.5. The van der Waals surface area contributed by atoms with Crippen molar-refractivity contribution in [1.82, 2.24) is 4.90 Å². The van der Waals surface area contributed by atoms with E-state index in [0.717, 1.165) is 80.0 Å². The predicted molar refractivity (Wildman–Crippen MR) is 142 cm³/mol. The van der Waals surface area contributed by atoms with Crippen molar-refractivity contribution in [3.05, 3.63) is 40.9 Å². The van der Waals surface area contributed by atoms with Gasteiger partial charge in [-0.2, -0.15) is 0 Å². The molecule has 0 aromatic heterocycles. The summed E-state index contributed by atoms with van der Waals surface area (Å²) in [5, 5.41) is 12.5. The molecule has 2 aromatic carbocycles. The number of aliphatic carboxylic acids is 1. The van der Waals surface area contributed by atoms with Crippen molar-refractivity contribution in [2.24, 2.45) is 11.8 Å². The number of nitrogens with zero attached hydrogens (tertiary/aromatic N) is 1. The van der Waals surface area contributed by atoms with Crippen LogP contribution in [-0.2, 0) is 11.2 Å². The number of rotatable bonds is 8. The van der Waals surface area contributed by atoms with Gasteiger partial charge in [0.2, 0.25) is 0 Å². The second-order valence-corrected chi connectivity index (χ2v) is 11.6. The maximum atomic E-state index is 11.5. The van der Waals surface area contributed by atoms with E-state index < -0.39 is 5.97 Å². The predicted octanol–water partition coefficient (Wildman–Crippen LogP) is 7.49. The highest BCUT2D eigenvalue weighted by molar-refractivity contribution is 6.37. The van der Waals surface area contributed by atoms with Crippen molar-refractivity contribution < 1.29 is 14.6 Å². The van der Waals surface area contributed by atoms with Gasteiger partial charge in [-0.25, -0.2) is 0 Å².